The van der Waals surface area contributed by atoms with E-state index >= 15 is 0 Å². The zero-order valence-electron chi connectivity index (χ0n) is 23.3. The van der Waals surface area contributed by atoms with E-state index in [2.05, 4.69) is 37.8 Å². The molecule has 1 fully saturated rings. The van der Waals surface area contributed by atoms with Crippen molar-refractivity contribution >= 4 is 28.2 Å². The van der Waals surface area contributed by atoms with Crippen molar-refractivity contribution in [2.24, 2.45) is 0 Å². The van der Waals surface area contributed by atoms with E-state index in [1.165, 1.54) is 6.07 Å². The maximum atomic E-state index is 13.5. The lowest BCUT2D eigenvalue weighted by molar-refractivity contribution is -0.137. The SMILES string of the molecule is Cc1ccc(C(O)Nc2cc(C(F)(F)F)ccc2N2CCC2)cc1-c1ccc2nc(NCCN3C=CCC3)ncc2c1. The average molecular weight is 575 g/mol. The van der Waals surface area contributed by atoms with Crippen LogP contribution in [0.5, 0.6) is 0 Å². The van der Waals surface area contributed by atoms with Crippen LogP contribution in [0.15, 0.2) is 73.1 Å². The van der Waals surface area contributed by atoms with Crippen molar-refractivity contribution in [3.63, 3.8) is 0 Å². The minimum Gasteiger partial charge on any atom is -0.376 e. The van der Waals surface area contributed by atoms with E-state index in [-0.39, 0.29) is 5.69 Å². The van der Waals surface area contributed by atoms with Gasteiger partial charge in [0.25, 0.3) is 0 Å². The van der Waals surface area contributed by atoms with Crippen LogP contribution >= 0.6 is 0 Å². The van der Waals surface area contributed by atoms with Gasteiger partial charge in [-0.2, -0.15) is 13.2 Å². The number of aliphatic hydroxyl groups excluding tert-OH is 1. The number of benzene rings is 3. The lowest BCUT2D eigenvalue weighted by atomic mass is 9.96. The Bertz CT molecular complexity index is 1620. The third-order valence-electron chi connectivity index (χ3n) is 7.86. The number of rotatable bonds is 9. The summed E-state index contributed by atoms with van der Waals surface area (Å²) in [5.74, 6) is 0.581. The highest BCUT2D eigenvalue weighted by molar-refractivity contribution is 5.85. The molecule has 3 heterocycles. The summed E-state index contributed by atoms with van der Waals surface area (Å²) in [6.07, 6.45) is 2.46. The molecule has 0 saturated carbocycles. The first kappa shape index (κ1) is 27.8. The molecule has 10 heteroatoms. The predicted molar refractivity (Wildman–Crippen MR) is 160 cm³/mol. The summed E-state index contributed by atoms with van der Waals surface area (Å²) in [7, 11) is 0. The van der Waals surface area contributed by atoms with Crippen LogP contribution in [0.3, 0.4) is 0 Å². The minimum absolute atomic E-state index is 0.253. The van der Waals surface area contributed by atoms with Crippen molar-refractivity contribution in [3.8, 4) is 11.1 Å². The number of hydrogen-bond acceptors (Lipinski definition) is 7. The molecule has 2 aliphatic rings. The Morgan fingerprint density at radius 1 is 1.02 bits per heavy atom. The first-order chi connectivity index (χ1) is 20.2. The molecule has 7 nitrogen and oxygen atoms in total. The molecule has 3 N–H and O–H groups in total. The second-order valence-electron chi connectivity index (χ2n) is 10.8. The molecular formula is C32H33F3N6O. The number of anilines is 3. The molecule has 0 aliphatic carbocycles. The van der Waals surface area contributed by atoms with Gasteiger partial charge in [0.1, 0.15) is 0 Å². The summed E-state index contributed by atoms with van der Waals surface area (Å²) in [4.78, 5) is 13.4. The van der Waals surface area contributed by atoms with E-state index in [1.807, 2.05) is 42.2 Å². The molecule has 4 aromatic rings. The topological polar surface area (TPSA) is 76.6 Å². The van der Waals surface area contributed by atoms with Crippen molar-refractivity contribution in [1.82, 2.24) is 14.9 Å². The number of nitrogens with zero attached hydrogens (tertiary/aromatic N) is 4. The molecule has 0 radical (unpaired) electrons. The Morgan fingerprint density at radius 2 is 1.88 bits per heavy atom. The van der Waals surface area contributed by atoms with Crippen LogP contribution in [0.25, 0.3) is 22.0 Å². The lowest BCUT2D eigenvalue weighted by Gasteiger charge is -2.35. The van der Waals surface area contributed by atoms with Crippen molar-refractivity contribution in [2.75, 3.05) is 48.3 Å². The Morgan fingerprint density at radius 3 is 2.62 bits per heavy atom. The molecule has 1 aromatic heterocycles. The molecule has 3 aromatic carbocycles. The highest BCUT2D eigenvalue weighted by Crippen LogP contribution is 2.38. The van der Waals surface area contributed by atoms with Crippen LogP contribution in [0.4, 0.5) is 30.5 Å². The fourth-order valence-corrected chi connectivity index (χ4v) is 5.33. The zero-order valence-corrected chi connectivity index (χ0v) is 23.3. The van der Waals surface area contributed by atoms with Crippen LogP contribution in [0, 0.1) is 6.92 Å². The van der Waals surface area contributed by atoms with Crippen molar-refractivity contribution < 1.29 is 18.3 Å². The number of halogens is 3. The third kappa shape index (κ3) is 5.99. The summed E-state index contributed by atoms with van der Waals surface area (Å²) in [5.41, 5.74) is 4.34. The largest absolute Gasteiger partial charge is 0.416 e. The van der Waals surface area contributed by atoms with E-state index in [4.69, 9.17) is 0 Å². The van der Waals surface area contributed by atoms with Gasteiger partial charge in [0, 0.05) is 49.9 Å². The van der Waals surface area contributed by atoms with Crippen molar-refractivity contribution in [2.45, 2.75) is 32.2 Å². The van der Waals surface area contributed by atoms with Crippen LogP contribution in [0.1, 0.15) is 35.8 Å². The molecule has 2 aliphatic heterocycles. The fraction of sp³-hybridized carbons (Fsp3) is 0.312. The van der Waals surface area contributed by atoms with Gasteiger partial charge in [0.15, 0.2) is 6.23 Å². The Kier molecular flexibility index (Phi) is 7.64. The number of aliphatic hydroxyl groups is 1. The molecule has 42 heavy (non-hydrogen) atoms. The summed E-state index contributed by atoms with van der Waals surface area (Å²) in [6.45, 7) is 6.20. The molecule has 218 valence electrons. The van der Waals surface area contributed by atoms with Gasteiger partial charge in [-0.05, 0) is 79.1 Å². The van der Waals surface area contributed by atoms with Crippen LogP contribution in [-0.4, -0.2) is 52.7 Å². The summed E-state index contributed by atoms with van der Waals surface area (Å²) in [6, 6.07) is 15.1. The van der Waals surface area contributed by atoms with Gasteiger partial charge in [-0.1, -0.05) is 24.3 Å². The van der Waals surface area contributed by atoms with Gasteiger partial charge in [-0.15, -0.1) is 0 Å². The number of aryl methyl sites for hydroxylation is 1. The van der Waals surface area contributed by atoms with E-state index in [0.717, 1.165) is 85.3 Å². The van der Waals surface area contributed by atoms with E-state index < -0.39 is 18.0 Å². The van der Waals surface area contributed by atoms with Gasteiger partial charge in [0.2, 0.25) is 5.95 Å². The Hall–Kier alpha value is -4.31. The molecule has 1 atom stereocenters. The average Bonchev–Trinajstić information content (AvgIpc) is 3.46. The highest BCUT2D eigenvalue weighted by Gasteiger charge is 2.32. The van der Waals surface area contributed by atoms with Crippen LogP contribution < -0.4 is 15.5 Å². The Balaban J connectivity index is 1.21. The number of nitrogens with one attached hydrogen (secondary N) is 2. The molecule has 1 unspecified atom stereocenters. The quantitative estimate of drug-likeness (QED) is 0.195. The summed E-state index contributed by atoms with van der Waals surface area (Å²) in [5, 5.41) is 18.2. The van der Waals surface area contributed by atoms with E-state index in [1.54, 1.807) is 12.3 Å². The maximum absolute atomic E-state index is 13.5. The van der Waals surface area contributed by atoms with Gasteiger partial charge >= 0.3 is 6.18 Å². The first-order valence-electron chi connectivity index (χ1n) is 14.2. The normalized spacial score (nSPS) is 15.6. The number of alkyl halides is 3. The number of fused-ring (bicyclic) bond motifs is 1. The highest BCUT2D eigenvalue weighted by atomic mass is 19.4. The summed E-state index contributed by atoms with van der Waals surface area (Å²) < 4.78 is 40.4. The molecule has 6 rings (SSSR count). The zero-order chi connectivity index (χ0) is 29.3. The molecule has 0 spiro atoms. The molecule has 1 saturated heterocycles. The van der Waals surface area contributed by atoms with Gasteiger partial charge in [-0.3, -0.25) is 0 Å². The second kappa shape index (κ2) is 11.5. The maximum Gasteiger partial charge on any atom is 0.416 e. The van der Waals surface area contributed by atoms with Crippen molar-refractivity contribution in [1.29, 1.82) is 0 Å². The molecule has 0 bridgehead atoms. The van der Waals surface area contributed by atoms with Gasteiger partial charge < -0.3 is 25.5 Å². The van der Waals surface area contributed by atoms with Crippen molar-refractivity contribution in [3.05, 3.63) is 89.8 Å². The van der Waals surface area contributed by atoms with Crippen LogP contribution in [0.2, 0.25) is 0 Å². The number of hydrogen-bond donors (Lipinski definition) is 3. The van der Waals surface area contributed by atoms with Gasteiger partial charge in [-0.25, -0.2) is 9.97 Å². The second-order valence-corrected chi connectivity index (χ2v) is 10.8. The fourth-order valence-electron chi connectivity index (χ4n) is 5.33. The molecular weight excluding hydrogens is 541 g/mol. The third-order valence-corrected chi connectivity index (χ3v) is 7.86. The van der Waals surface area contributed by atoms with Gasteiger partial charge in [0.05, 0.1) is 22.5 Å². The molecule has 0 amide bonds. The smallest absolute Gasteiger partial charge is 0.376 e. The minimum atomic E-state index is -4.48. The standard InChI is InChI=1S/C32H33F3N6O/c1-21-5-6-23(30(42)38-28-19-25(32(33,34)35)8-10-29(28)41-14-4-15-41)18-26(21)22-7-9-27-24(17-22)20-37-31(39-27)36-11-16-40-12-2-3-13-40/h2,5-10,12,17-20,30,38,42H,3-4,11,13-16H2,1H3,(H,36,37,39). The van der Waals surface area contributed by atoms with Crippen LogP contribution in [-0.2, 0) is 6.18 Å². The van der Waals surface area contributed by atoms with E-state index in [0.29, 0.717) is 17.2 Å². The Labute approximate surface area is 242 Å². The predicted octanol–water partition coefficient (Wildman–Crippen LogP) is 6.57. The van der Waals surface area contributed by atoms with E-state index in [9.17, 15) is 18.3 Å². The summed E-state index contributed by atoms with van der Waals surface area (Å²) >= 11 is 0. The lowest BCUT2D eigenvalue weighted by Crippen LogP contribution is -2.37. The first-order valence-corrected chi connectivity index (χ1v) is 14.2. The monoisotopic (exact) mass is 574 g/mol. The number of aromatic nitrogens is 2.